The number of aliphatic hydroxyl groups is 1. The molecule has 17 heavy (non-hydrogen) atoms. The summed E-state index contributed by atoms with van der Waals surface area (Å²) in [6, 6.07) is 3.96. The van der Waals surface area contributed by atoms with Crippen molar-refractivity contribution in [2.75, 3.05) is 19.7 Å². The number of nitrogens with zero attached hydrogens (tertiary/aromatic N) is 1. The van der Waals surface area contributed by atoms with Crippen molar-refractivity contribution >= 4 is 23.3 Å². The molecule has 4 heteroatoms. The summed E-state index contributed by atoms with van der Waals surface area (Å²) in [7, 11) is 0. The van der Waals surface area contributed by atoms with Gasteiger partial charge >= 0.3 is 0 Å². The fourth-order valence-corrected chi connectivity index (χ4v) is 2.68. The number of aliphatic hydroxyl groups excluding tert-OH is 1. The normalized spacial score (nSPS) is 21.0. The Hall–Kier alpha value is -1.13. The van der Waals surface area contributed by atoms with E-state index in [0.717, 1.165) is 24.3 Å². The van der Waals surface area contributed by atoms with Gasteiger partial charge in [-0.05, 0) is 36.3 Å². The van der Waals surface area contributed by atoms with E-state index in [-0.39, 0.29) is 18.4 Å². The summed E-state index contributed by atoms with van der Waals surface area (Å²) in [6.07, 6.45) is 5.50. The number of rotatable bonds is 3. The van der Waals surface area contributed by atoms with E-state index in [1.54, 1.807) is 17.4 Å². The largest absolute Gasteiger partial charge is 0.396 e. The van der Waals surface area contributed by atoms with Crippen molar-refractivity contribution in [3.63, 3.8) is 0 Å². The summed E-state index contributed by atoms with van der Waals surface area (Å²) in [5.41, 5.74) is 0. The standard InChI is InChI=1S/C13H17NO2S/c15-10-11-3-1-7-14(9-11)13(16)6-5-12-4-2-8-17-12/h2,4-6,8,11,15H,1,3,7,9-10H2/b6-5+. The molecule has 1 aliphatic rings. The fourth-order valence-electron chi connectivity index (χ4n) is 2.06. The predicted molar refractivity (Wildman–Crippen MR) is 69.7 cm³/mol. The summed E-state index contributed by atoms with van der Waals surface area (Å²) in [6.45, 7) is 1.67. The Morgan fingerprint density at radius 2 is 2.53 bits per heavy atom. The molecule has 0 aromatic carbocycles. The summed E-state index contributed by atoms with van der Waals surface area (Å²) in [5.74, 6) is 0.305. The molecule has 1 atom stereocenters. The van der Waals surface area contributed by atoms with Crippen LogP contribution >= 0.6 is 11.3 Å². The van der Waals surface area contributed by atoms with E-state index < -0.39 is 0 Å². The summed E-state index contributed by atoms with van der Waals surface area (Å²) in [5, 5.41) is 11.1. The highest BCUT2D eigenvalue weighted by atomic mass is 32.1. The second kappa shape index (κ2) is 5.98. The highest BCUT2D eigenvalue weighted by Gasteiger charge is 2.21. The second-order valence-electron chi connectivity index (χ2n) is 4.32. The Balaban J connectivity index is 1.91. The SMILES string of the molecule is O=C(/C=C/c1cccs1)N1CCCC(CO)C1. The first-order valence-corrected chi connectivity index (χ1v) is 6.79. The smallest absolute Gasteiger partial charge is 0.246 e. The third-order valence-corrected chi connectivity index (χ3v) is 3.86. The fraction of sp³-hybridized carbons (Fsp3) is 0.462. The quantitative estimate of drug-likeness (QED) is 0.835. The predicted octanol–water partition coefficient (Wildman–Crippen LogP) is 1.99. The Morgan fingerprint density at radius 1 is 1.65 bits per heavy atom. The lowest BCUT2D eigenvalue weighted by molar-refractivity contribution is -0.127. The molecule has 1 aliphatic heterocycles. The number of amides is 1. The molecular weight excluding hydrogens is 234 g/mol. The maximum atomic E-state index is 11.9. The second-order valence-corrected chi connectivity index (χ2v) is 5.30. The van der Waals surface area contributed by atoms with Crippen molar-refractivity contribution in [2.45, 2.75) is 12.8 Å². The summed E-state index contributed by atoms with van der Waals surface area (Å²) < 4.78 is 0. The lowest BCUT2D eigenvalue weighted by atomic mass is 9.99. The molecule has 1 unspecified atom stereocenters. The van der Waals surface area contributed by atoms with Crippen LogP contribution in [-0.4, -0.2) is 35.6 Å². The topological polar surface area (TPSA) is 40.5 Å². The van der Waals surface area contributed by atoms with Crippen molar-refractivity contribution in [3.05, 3.63) is 28.5 Å². The Kier molecular flexibility index (Phi) is 4.34. The molecule has 0 aliphatic carbocycles. The van der Waals surface area contributed by atoms with Crippen LogP contribution < -0.4 is 0 Å². The molecule has 2 heterocycles. The third kappa shape index (κ3) is 3.41. The molecule has 92 valence electrons. The van der Waals surface area contributed by atoms with Gasteiger partial charge in [0.25, 0.3) is 0 Å². The molecule has 3 nitrogen and oxygen atoms in total. The first-order valence-electron chi connectivity index (χ1n) is 5.91. The van der Waals surface area contributed by atoms with Crippen LogP contribution in [0.15, 0.2) is 23.6 Å². The van der Waals surface area contributed by atoms with Gasteiger partial charge in [-0.25, -0.2) is 0 Å². The van der Waals surface area contributed by atoms with Gasteiger partial charge in [0.15, 0.2) is 0 Å². The maximum Gasteiger partial charge on any atom is 0.246 e. The van der Waals surface area contributed by atoms with Gasteiger partial charge in [0.1, 0.15) is 0 Å². The molecule has 1 fully saturated rings. The zero-order valence-electron chi connectivity index (χ0n) is 9.71. The lowest BCUT2D eigenvalue weighted by Crippen LogP contribution is -2.40. The van der Waals surface area contributed by atoms with E-state index in [9.17, 15) is 4.79 Å². The molecule has 1 saturated heterocycles. The van der Waals surface area contributed by atoms with Crippen molar-refractivity contribution in [1.29, 1.82) is 0 Å². The Labute approximate surface area is 105 Å². The average Bonchev–Trinajstić information content (AvgIpc) is 2.89. The molecule has 1 aromatic heterocycles. The monoisotopic (exact) mass is 251 g/mol. The summed E-state index contributed by atoms with van der Waals surface area (Å²) in [4.78, 5) is 14.8. The molecule has 1 N–H and O–H groups in total. The number of hydrogen-bond donors (Lipinski definition) is 1. The van der Waals surface area contributed by atoms with Crippen LogP contribution in [-0.2, 0) is 4.79 Å². The minimum Gasteiger partial charge on any atom is -0.396 e. The number of likely N-dealkylation sites (tertiary alicyclic amines) is 1. The van der Waals surface area contributed by atoms with Gasteiger partial charge in [-0.15, -0.1) is 11.3 Å². The zero-order chi connectivity index (χ0) is 12.1. The maximum absolute atomic E-state index is 11.9. The third-order valence-electron chi connectivity index (χ3n) is 3.02. The van der Waals surface area contributed by atoms with Crippen LogP contribution in [0.5, 0.6) is 0 Å². The molecule has 0 saturated carbocycles. The number of hydrogen-bond acceptors (Lipinski definition) is 3. The van der Waals surface area contributed by atoms with Crippen molar-refractivity contribution in [3.8, 4) is 0 Å². The van der Waals surface area contributed by atoms with Gasteiger partial charge in [-0.1, -0.05) is 6.07 Å². The van der Waals surface area contributed by atoms with Gasteiger partial charge < -0.3 is 10.0 Å². The van der Waals surface area contributed by atoms with Crippen LogP contribution in [0.25, 0.3) is 6.08 Å². The average molecular weight is 251 g/mol. The Morgan fingerprint density at radius 3 is 3.24 bits per heavy atom. The highest BCUT2D eigenvalue weighted by Crippen LogP contribution is 2.16. The molecule has 1 aromatic rings. The van der Waals surface area contributed by atoms with E-state index in [1.807, 2.05) is 28.5 Å². The van der Waals surface area contributed by atoms with Crippen LogP contribution in [0, 0.1) is 5.92 Å². The zero-order valence-corrected chi connectivity index (χ0v) is 10.5. The summed E-state index contributed by atoms with van der Waals surface area (Å²) >= 11 is 1.62. The van der Waals surface area contributed by atoms with Gasteiger partial charge in [0, 0.05) is 30.6 Å². The molecule has 0 spiro atoms. The lowest BCUT2D eigenvalue weighted by Gasteiger charge is -2.31. The van der Waals surface area contributed by atoms with E-state index in [0.29, 0.717) is 6.54 Å². The minimum atomic E-state index is 0.0524. The molecule has 0 bridgehead atoms. The van der Waals surface area contributed by atoms with Gasteiger partial charge in [0.05, 0.1) is 0 Å². The number of carbonyl (C=O) groups excluding carboxylic acids is 1. The molecule has 0 radical (unpaired) electrons. The van der Waals surface area contributed by atoms with E-state index >= 15 is 0 Å². The molecule has 1 amide bonds. The van der Waals surface area contributed by atoms with Crippen molar-refractivity contribution in [1.82, 2.24) is 4.90 Å². The van der Waals surface area contributed by atoms with E-state index in [1.165, 1.54) is 0 Å². The van der Waals surface area contributed by atoms with E-state index in [2.05, 4.69) is 0 Å². The Bertz CT molecular complexity index is 386. The van der Waals surface area contributed by atoms with E-state index in [4.69, 9.17) is 5.11 Å². The van der Waals surface area contributed by atoms with Gasteiger partial charge in [0.2, 0.25) is 5.91 Å². The first kappa shape index (κ1) is 12.3. The van der Waals surface area contributed by atoms with Crippen molar-refractivity contribution in [2.24, 2.45) is 5.92 Å². The molecule has 2 rings (SSSR count). The van der Waals surface area contributed by atoms with Crippen molar-refractivity contribution < 1.29 is 9.90 Å². The highest BCUT2D eigenvalue weighted by molar-refractivity contribution is 7.10. The van der Waals surface area contributed by atoms with Crippen LogP contribution in [0.3, 0.4) is 0 Å². The van der Waals surface area contributed by atoms with Crippen LogP contribution in [0.4, 0.5) is 0 Å². The van der Waals surface area contributed by atoms with Crippen LogP contribution in [0.2, 0.25) is 0 Å². The first-order chi connectivity index (χ1) is 8.29. The number of piperidine rings is 1. The van der Waals surface area contributed by atoms with Gasteiger partial charge in [-0.2, -0.15) is 0 Å². The molecular formula is C13H17NO2S. The number of thiophene rings is 1. The van der Waals surface area contributed by atoms with Crippen LogP contribution in [0.1, 0.15) is 17.7 Å². The van der Waals surface area contributed by atoms with Gasteiger partial charge in [-0.3, -0.25) is 4.79 Å². The minimum absolute atomic E-state index is 0.0524. The number of carbonyl (C=O) groups is 1.